The van der Waals surface area contributed by atoms with E-state index in [9.17, 15) is 18.4 Å². The summed E-state index contributed by atoms with van der Waals surface area (Å²) < 4.78 is 28.5. The molecule has 0 saturated carbocycles. The molecule has 0 bridgehead atoms. The Morgan fingerprint density at radius 2 is 1.88 bits per heavy atom. The molecule has 128 valence electrons. The highest BCUT2D eigenvalue weighted by molar-refractivity contribution is 6.13. The Kier molecular flexibility index (Phi) is 4.74. The molecule has 0 unspecified atom stereocenters. The first-order valence-electron chi connectivity index (χ1n) is 7.46. The SMILES string of the molecule is O=C1CN(C(=O)C=Cc2ccc(OC(F)F)cc2)c2ccccc2N1. The number of nitrogens with zero attached hydrogens (tertiary/aromatic N) is 1. The van der Waals surface area contributed by atoms with Crippen molar-refractivity contribution in [1.82, 2.24) is 0 Å². The molecule has 1 aliphatic heterocycles. The summed E-state index contributed by atoms with van der Waals surface area (Å²) in [6.07, 6.45) is 2.88. The Labute approximate surface area is 142 Å². The third-order valence-corrected chi connectivity index (χ3v) is 3.56. The summed E-state index contributed by atoms with van der Waals surface area (Å²) in [5.41, 5.74) is 1.84. The van der Waals surface area contributed by atoms with E-state index in [-0.39, 0.29) is 24.1 Å². The number of nitrogens with one attached hydrogen (secondary N) is 1. The van der Waals surface area contributed by atoms with Crippen LogP contribution in [0.2, 0.25) is 0 Å². The van der Waals surface area contributed by atoms with E-state index >= 15 is 0 Å². The van der Waals surface area contributed by atoms with E-state index in [0.717, 1.165) is 0 Å². The molecule has 3 rings (SSSR count). The van der Waals surface area contributed by atoms with Crippen LogP contribution in [-0.2, 0) is 9.59 Å². The maximum Gasteiger partial charge on any atom is 0.387 e. The van der Waals surface area contributed by atoms with Crippen LogP contribution in [0, 0.1) is 0 Å². The van der Waals surface area contributed by atoms with Crippen LogP contribution in [0.1, 0.15) is 5.56 Å². The number of benzene rings is 2. The Morgan fingerprint density at radius 1 is 1.16 bits per heavy atom. The average molecular weight is 344 g/mol. The molecule has 1 heterocycles. The molecule has 2 amide bonds. The monoisotopic (exact) mass is 344 g/mol. The number of para-hydroxylation sites is 2. The number of rotatable bonds is 4. The van der Waals surface area contributed by atoms with Crippen LogP contribution in [0.3, 0.4) is 0 Å². The van der Waals surface area contributed by atoms with Gasteiger partial charge in [0.1, 0.15) is 12.3 Å². The van der Waals surface area contributed by atoms with Gasteiger partial charge in [-0.2, -0.15) is 8.78 Å². The van der Waals surface area contributed by atoms with E-state index in [4.69, 9.17) is 0 Å². The minimum absolute atomic E-state index is 0.0418. The number of halogens is 2. The van der Waals surface area contributed by atoms with E-state index in [1.165, 1.54) is 23.1 Å². The van der Waals surface area contributed by atoms with E-state index in [1.54, 1.807) is 42.5 Å². The molecule has 0 spiro atoms. The maximum atomic E-state index is 12.4. The van der Waals surface area contributed by atoms with Gasteiger partial charge in [-0.05, 0) is 35.9 Å². The Bertz CT molecular complexity index is 819. The van der Waals surface area contributed by atoms with E-state index in [1.807, 2.05) is 0 Å². The average Bonchev–Trinajstić information content (AvgIpc) is 2.59. The molecule has 0 fully saturated rings. The molecular formula is C18H14F2N2O3. The second kappa shape index (κ2) is 7.12. The van der Waals surface area contributed by atoms with Gasteiger partial charge in [0.15, 0.2) is 0 Å². The van der Waals surface area contributed by atoms with Gasteiger partial charge in [-0.25, -0.2) is 0 Å². The zero-order valence-electron chi connectivity index (χ0n) is 13.0. The highest BCUT2D eigenvalue weighted by Gasteiger charge is 2.25. The van der Waals surface area contributed by atoms with Gasteiger partial charge in [-0.3, -0.25) is 14.5 Å². The largest absolute Gasteiger partial charge is 0.435 e. The van der Waals surface area contributed by atoms with Crippen molar-refractivity contribution in [3.05, 3.63) is 60.2 Å². The van der Waals surface area contributed by atoms with Crippen molar-refractivity contribution in [3.8, 4) is 5.75 Å². The normalized spacial score (nSPS) is 13.7. The molecular weight excluding hydrogens is 330 g/mol. The third-order valence-electron chi connectivity index (χ3n) is 3.56. The number of carbonyl (C=O) groups excluding carboxylic acids is 2. The van der Waals surface area contributed by atoms with Gasteiger partial charge in [0, 0.05) is 6.08 Å². The molecule has 7 heteroatoms. The van der Waals surface area contributed by atoms with E-state index < -0.39 is 6.61 Å². The Hall–Kier alpha value is -3.22. The number of alkyl halides is 2. The van der Waals surface area contributed by atoms with Crippen molar-refractivity contribution < 1.29 is 23.1 Å². The van der Waals surface area contributed by atoms with Gasteiger partial charge >= 0.3 is 6.61 Å². The van der Waals surface area contributed by atoms with Crippen molar-refractivity contribution in [1.29, 1.82) is 0 Å². The summed E-state index contributed by atoms with van der Waals surface area (Å²) in [7, 11) is 0. The lowest BCUT2D eigenvalue weighted by atomic mass is 10.1. The number of hydrogen-bond acceptors (Lipinski definition) is 3. The molecule has 2 aromatic rings. The van der Waals surface area contributed by atoms with Crippen LogP contribution < -0.4 is 15.0 Å². The zero-order valence-corrected chi connectivity index (χ0v) is 13.0. The summed E-state index contributed by atoms with van der Waals surface area (Å²) in [5, 5.41) is 2.71. The summed E-state index contributed by atoms with van der Waals surface area (Å²) in [4.78, 5) is 25.5. The summed E-state index contributed by atoms with van der Waals surface area (Å²) in [5.74, 6) is -0.579. The molecule has 25 heavy (non-hydrogen) atoms. The molecule has 0 radical (unpaired) electrons. The minimum Gasteiger partial charge on any atom is -0.435 e. The standard InChI is InChI=1S/C18H14F2N2O3/c19-18(20)25-13-8-5-12(6-9-13)7-10-17(24)22-11-16(23)21-14-3-1-2-4-15(14)22/h1-10,18H,11H2,(H,21,23). The lowest BCUT2D eigenvalue weighted by Gasteiger charge is -2.28. The smallest absolute Gasteiger partial charge is 0.387 e. The van der Waals surface area contributed by atoms with Crippen molar-refractivity contribution in [2.45, 2.75) is 6.61 Å². The van der Waals surface area contributed by atoms with Gasteiger partial charge < -0.3 is 10.1 Å². The quantitative estimate of drug-likeness (QED) is 0.866. The van der Waals surface area contributed by atoms with Crippen LogP contribution >= 0.6 is 0 Å². The number of anilines is 2. The van der Waals surface area contributed by atoms with Gasteiger partial charge in [0.2, 0.25) is 5.91 Å². The lowest BCUT2D eigenvalue weighted by molar-refractivity contribution is -0.119. The number of hydrogen-bond donors (Lipinski definition) is 1. The Morgan fingerprint density at radius 3 is 2.60 bits per heavy atom. The van der Waals surface area contributed by atoms with Crippen LogP contribution in [0.25, 0.3) is 6.08 Å². The number of ether oxygens (including phenoxy) is 1. The topological polar surface area (TPSA) is 58.6 Å². The molecule has 0 aromatic heterocycles. The summed E-state index contributed by atoms with van der Waals surface area (Å²) in [6.45, 7) is -2.95. The van der Waals surface area contributed by atoms with Crippen molar-refractivity contribution in [2.75, 3.05) is 16.8 Å². The fraction of sp³-hybridized carbons (Fsp3) is 0.111. The summed E-state index contributed by atoms with van der Waals surface area (Å²) in [6, 6.07) is 12.9. The van der Waals surface area contributed by atoms with Crippen molar-refractivity contribution in [3.63, 3.8) is 0 Å². The third kappa shape index (κ3) is 4.00. The van der Waals surface area contributed by atoms with E-state index in [0.29, 0.717) is 16.9 Å². The lowest BCUT2D eigenvalue weighted by Crippen LogP contribution is -2.41. The maximum absolute atomic E-state index is 12.4. The zero-order chi connectivity index (χ0) is 17.8. The van der Waals surface area contributed by atoms with E-state index in [2.05, 4.69) is 10.1 Å². The highest BCUT2D eigenvalue weighted by atomic mass is 19.3. The molecule has 0 atom stereocenters. The fourth-order valence-corrected chi connectivity index (χ4v) is 2.45. The number of fused-ring (bicyclic) bond motifs is 1. The molecule has 0 saturated heterocycles. The molecule has 2 aromatic carbocycles. The Balaban J connectivity index is 1.74. The minimum atomic E-state index is -2.88. The second-order valence-electron chi connectivity index (χ2n) is 5.27. The molecule has 5 nitrogen and oxygen atoms in total. The fourth-order valence-electron chi connectivity index (χ4n) is 2.45. The highest BCUT2D eigenvalue weighted by Crippen LogP contribution is 2.29. The van der Waals surface area contributed by atoms with Gasteiger partial charge in [0.25, 0.3) is 5.91 Å². The predicted molar refractivity (Wildman–Crippen MR) is 89.5 cm³/mol. The van der Waals surface area contributed by atoms with Crippen LogP contribution in [0.5, 0.6) is 5.75 Å². The van der Waals surface area contributed by atoms with Crippen molar-refractivity contribution in [2.24, 2.45) is 0 Å². The second-order valence-corrected chi connectivity index (χ2v) is 5.27. The first-order valence-corrected chi connectivity index (χ1v) is 7.46. The first kappa shape index (κ1) is 16.6. The van der Waals surface area contributed by atoms with Crippen LogP contribution in [0.15, 0.2) is 54.6 Å². The van der Waals surface area contributed by atoms with Crippen molar-refractivity contribution >= 4 is 29.3 Å². The predicted octanol–water partition coefficient (Wildman–Crippen LogP) is 3.29. The summed E-state index contributed by atoms with van der Waals surface area (Å²) >= 11 is 0. The molecule has 0 aliphatic carbocycles. The van der Waals surface area contributed by atoms with Crippen LogP contribution in [-0.4, -0.2) is 25.0 Å². The van der Waals surface area contributed by atoms with Gasteiger partial charge in [0.05, 0.1) is 11.4 Å². The van der Waals surface area contributed by atoms with Gasteiger partial charge in [-0.1, -0.05) is 24.3 Å². The van der Waals surface area contributed by atoms with Crippen LogP contribution in [0.4, 0.5) is 20.2 Å². The first-order chi connectivity index (χ1) is 12.0. The number of carbonyl (C=O) groups is 2. The molecule has 1 aliphatic rings. The van der Waals surface area contributed by atoms with Gasteiger partial charge in [-0.15, -0.1) is 0 Å². The number of amides is 2. The molecule has 1 N–H and O–H groups in total.